The number of nitrogens with zero attached hydrogens (tertiary/aromatic N) is 1. The average Bonchev–Trinajstić information content (AvgIpc) is 3.16. The molecule has 1 saturated heterocycles. The summed E-state index contributed by atoms with van der Waals surface area (Å²) >= 11 is 0. The summed E-state index contributed by atoms with van der Waals surface area (Å²) in [6.45, 7) is 2.47. The van der Waals surface area contributed by atoms with Crippen LogP contribution < -0.4 is 5.32 Å². The molecule has 5 aliphatic rings. The molecule has 4 atom stereocenters. The fourth-order valence-electron chi connectivity index (χ4n) is 7.65. The number of benzene rings is 3. The number of hydrogen-bond acceptors (Lipinski definition) is 4. The third kappa shape index (κ3) is 2.57. The third-order valence-corrected chi connectivity index (χ3v) is 9.28. The number of amides is 1. The fraction of sp³-hybridized carbons (Fsp3) is 0.290. The zero-order chi connectivity index (χ0) is 25.1. The lowest BCUT2D eigenvalue weighted by atomic mass is 9.69. The topological polar surface area (TPSA) is 93.8 Å². The summed E-state index contributed by atoms with van der Waals surface area (Å²) < 4.78 is 6.93. The van der Waals surface area contributed by atoms with E-state index in [0.29, 0.717) is 25.1 Å². The molecule has 2 bridgehead atoms. The van der Waals surface area contributed by atoms with Crippen LogP contribution in [0.15, 0.2) is 59.8 Å². The van der Waals surface area contributed by atoms with Crippen LogP contribution in [0.1, 0.15) is 57.4 Å². The van der Waals surface area contributed by atoms with Crippen molar-refractivity contribution < 1.29 is 19.8 Å². The number of hydrogen-bond donors (Lipinski definition) is 2. The third-order valence-electron chi connectivity index (χ3n) is 9.28. The second kappa shape index (κ2) is 7.18. The van der Waals surface area contributed by atoms with Gasteiger partial charge in [0.05, 0.1) is 11.7 Å². The Hall–Kier alpha value is -3.74. The lowest BCUT2D eigenvalue weighted by Crippen LogP contribution is -2.55. The summed E-state index contributed by atoms with van der Waals surface area (Å²) in [5.41, 5.74) is 11.3. The van der Waals surface area contributed by atoms with E-state index >= 15 is 0 Å². The van der Waals surface area contributed by atoms with Gasteiger partial charge in [0.25, 0.3) is 5.91 Å². The first-order chi connectivity index (χ1) is 18.0. The van der Waals surface area contributed by atoms with Gasteiger partial charge in [-0.15, -0.1) is 0 Å². The van der Waals surface area contributed by atoms with Crippen molar-refractivity contribution in [1.82, 2.24) is 5.32 Å². The summed E-state index contributed by atoms with van der Waals surface area (Å²) in [7, 11) is 0. The Morgan fingerprint density at radius 3 is 2.51 bits per heavy atom. The monoisotopic (exact) mass is 491 g/mol. The number of fused-ring (bicyclic) bond motifs is 11. The van der Waals surface area contributed by atoms with Crippen LogP contribution in [0.25, 0.3) is 27.8 Å². The number of nitrogens with one attached hydrogen (secondary N) is 1. The van der Waals surface area contributed by atoms with Gasteiger partial charge in [-0.2, -0.15) is 0 Å². The molecule has 0 saturated carbocycles. The van der Waals surface area contributed by atoms with Gasteiger partial charge in [-0.1, -0.05) is 59.8 Å². The smallest absolute Gasteiger partial charge is 0.252 e. The second-order valence-electron chi connectivity index (χ2n) is 11.0. The maximum absolute atomic E-state index is 13.5. The van der Waals surface area contributed by atoms with Crippen LogP contribution in [0.4, 0.5) is 0 Å². The molecule has 6 nitrogen and oxygen atoms in total. The van der Waals surface area contributed by atoms with Gasteiger partial charge in [-0.05, 0) is 75.4 Å². The molecule has 184 valence electrons. The number of oxime groups is 1. The Morgan fingerprint density at radius 1 is 1.00 bits per heavy atom. The van der Waals surface area contributed by atoms with Gasteiger partial charge >= 0.3 is 0 Å². The Morgan fingerprint density at radius 2 is 1.73 bits per heavy atom. The molecule has 0 aromatic heterocycles. The van der Waals surface area contributed by atoms with Crippen LogP contribution in [0.2, 0.25) is 0 Å². The Balaban J connectivity index is 1.60. The summed E-state index contributed by atoms with van der Waals surface area (Å²) in [5, 5.41) is 25.9. The molecule has 0 radical (unpaired) electrons. The molecule has 0 spiro atoms. The first-order valence-electron chi connectivity index (χ1n) is 13.0. The minimum atomic E-state index is -0.983. The average molecular weight is 492 g/mol. The van der Waals surface area contributed by atoms with E-state index in [0.717, 1.165) is 56.5 Å². The molecule has 6 heteroatoms. The first kappa shape index (κ1) is 21.4. The molecule has 1 fully saturated rings. The quantitative estimate of drug-likeness (QED) is 0.279. The van der Waals surface area contributed by atoms with E-state index in [1.54, 1.807) is 0 Å². The van der Waals surface area contributed by atoms with E-state index < -0.39 is 11.7 Å². The van der Waals surface area contributed by atoms with Gasteiger partial charge in [-0.25, -0.2) is 0 Å². The molecule has 37 heavy (non-hydrogen) atoms. The molecular weight excluding hydrogens is 464 g/mol. The van der Waals surface area contributed by atoms with Crippen molar-refractivity contribution in [3.05, 3.63) is 88.0 Å². The molecule has 3 aromatic carbocycles. The van der Waals surface area contributed by atoms with Crippen molar-refractivity contribution in [1.29, 1.82) is 0 Å². The maximum atomic E-state index is 13.5. The van der Waals surface area contributed by atoms with Crippen LogP contribution in [0, 0.1) is 0 Å². The number of carbonyl (C=O) groups excluding carboxylic acids is 1. The summed E-state index contributed by atoms with van der Waals surface area (Å²) in [4.78, 5) is 13.5. The Bertz CT molecular complexity index is 1620. The van der Waals surface area contributed by atoms with Crippen molar-refractivity contribution in [3.63, 3.8) is 0 Å². The highest BCUT2D eigenvalue weighted by Crippen LogP contribution is 2.59. The van der Waals surface area contributed by atoms with Crippen molar-refractivity contribution in [3.8, 4) is 22.3 Å². The molecule has 3 aliphatic heterocycles. The largest absolute Gasteiger partial charge is 0.436 e. The molecular formula is C31H27N2O4+. The van der Waals surface area contributed by atoms with Gasteiger partial charge in [0.2, 0.25) is 6.10 Å². The van der Waals surface area contributed by atoms with Gasteiger partial charge in [-0.3, -0.25) is 4.79 Å². The van der Waals surface area contributed by atoms with Crippen LogP contribution in [0.5, 0.6) is 0 Å². The zero-order valence-electron chi connectivity index (χ0n) is 20.5. The molecule has 2 aliphatic carbocycles. The van der Waals surface area contributed by atoms with Crippen LogP contribution in [-0.4, -0.2) is 39.7 Å². The highest BCUT2D eigenvalue weighted by molar-refractivity contribution is 6.11. The lowest BCUT2D eigenvalue weighted by molar-refractivity contribution is -0.111. The summed E-state index contributed by atoms with van der Waals surface area (Å²) in [6, 6.07) is 16.8. The van der Waals surface area contributed by atoms with Gasteiger partial charge in [0.15, 0.2) is 5.60 Å². The number of carbonyl (C=O) groups is 1. The van der Waals surface area contributed by atoms with E-state index in [4.69, 9.17) is 4.74 Å². The second-order valence-corrected chi connectivity index (χ2v) is 11.0. The van der Waals surface area contributed by atoms with Gasteiger partial charge < -0.3 is 20.4 Å². The van der Waals surface area contributed by atoms with Crippen molar-refractivity contribution >= 4 is 17.2 Å². The molecule has 4 unspecified atom stereocenters. The predicted molar refractivity (Wildman–Crippen MR) is 141 cm³/mol. The standard InChI is InChI=1S/C31H26N2O4/c1-31-21-11-10-15-6-2-4-8-17(15)24-20-14-32-30(35)27(20)25-18-9-5-3-7-16(18)12-19(26(25)28(21)24)23(37-31)13-22(33-36)29(31)34/h2-9,11,19,23,29,34,36H,10,12-14H2,1H3,(H,32,35)/p+1/b33-22-. The minimum absolute atomic E-state index is 0.0258. The van der Waals surface area contributed by atoms with Crippen molar-refractivity contribution in [2.24, 2.45) is 5.16 Å². The van der Waals surface area contributed by atoms with E-state index in [1.807, 2.05) is 13.0 Å². The highest BCUT2D eigenvalue weighted by Gasteiger charge is 2.57. The van der Waals surface area contributed by atoms with E-state index in [1.165, 1.54) is 11.1 Å². The van der Waals surface area contributed by atoms with Crippen molar-refractivity contribution in [2.75, 3.05) is 0 Å². The van der Waals surface area contributed by atoms with Gasteiger partial charge in [0, 0.05) is 18.9 Å². The van der Waals surface area contributed by atoms with E-state index in [9.17, 15) is 15.1 Å². The SMILES string of the molecule is CC12OC(C/C(=N/O)C1[OH2+])C1Cc3ccccc3-c3c4c(c5c(c31)C2=CCc1ccccc1-5)CNC4=O. The number of allylic oxidation sites excluding steroid dienone is 1. The zero-order valence-corrected chi connectivity index (χ0v) is 20.5. The number of rotatable bonds is 0. The lowest BCUT2D eigenvalue weighted by Gasteiger charge is -2.41. The van der Waals surface area contributed by atoms with E-state index in [-0.39, 0.29) is 17.9 Å². The first-order valence-corrected chi connectivity index (χ1v) is 13.0. The molecule has 3 heterocycles. The summed E-state index contributed by atoms with van der Waals surface area (Å²) in [5.74, 6) is -0.0563. The Labute approximate surface area is 214 Å². The Kier molecular flexibility index (Phi) is 4.14. The number of ether oxygens (including phenoxy) is 1. The summed E-state index contributed by atoms with van der Waals surface area (Å²) in [6.07, 6.45) is 3.00. The normalized spacial score (nSPS) is 29.2. The molecule has 8 rings (SSSR count). The minimum Gasteiger partial charge on any atom is -0.436 e. The van der Waals surface area contributed by atoms with Crippen molar-refractivity contribution in [2.45, 2.75) is 56.5 Å². The van der Waals surface area contributed by atoms with Gasteiger partial charge in [0.1, 0.15) is 5.71 Å². The molecule has 1 amide bonds. The molecule has 3 aromatic rings. The van der Waals surface area contributed by atoms with Crippen LogP contribution in [-0.2, 0) is 24.1 Å². The highest BCUT2D eigenvalue weighted by atomic mass is 16.5. The van der Waals surface area contributed by atoms with Crippen LogP contribution in [0.3, 0.4) is 0 Å². The molecule has 4 N–H and O–H groups in total. The van der Waals surface area contributed by atoms with E-state index in [2.05, 4.69) is 59.0 Å². The van der Waals surface area contributed by atoms with Crippen LogP contribution >= 0.6 is 0 Å². The maximum Gasteiger partial charge on any atom is 0.252 e. The predicted octanol–water partition coefficient (Wildman–Crippen LogP) is 4.33. The fourth-order valence-corrected chi connectivity index (χ4v) is 7.65.